The summed E-state index contributed by atoms with van der Waals surface area (Å²) in [5.74, 6) is -0.438. The Kier molecular flexibility index (Phi) is 3.25. The summed E-state index contributed by atoms with van der Waals surface area (Å²) in [6.45, 7) is 1.91. The van der Waals surface area contributed by atoms with Crippen molar-refractivity contribution < 1.29 is 9.90 Å². The molecule has 1 aromatic heterocycles. The van der Waals surface area contributed by atoms with Gasteiger partial charge in [-0.3, -0.25) is 4.68 Å². The Morgan fingerprint density at radius 1 is 1.44 bits per heavy atom. The fourth-order valence-corrected chi connectivity index (χ4v) is 1.73. The standard InChI is InChI=1S/C12H12ClN3O2/c1-7-5-11(15-16(7)2)14-10-4-3-8(13)6-9(10)12(17)18/h3-6H,1-2H3,(H,14,15)(H,17,18). The van der Waals surface area contributed by atoms with E-state index in [0.717, 1.165) is 5.69 Å². The molecule has 5 nitrogen and oxygen atoms in total. The predicted molar refractivity (Wildman–Crippen MR) is 69.6 cm³/mol. The van der Waals surface area contributed by atoms with E-state index < -0.39 is 5.97 Å². The summed E-state index contributed by atoms with van der Waals surface area (Å²) in [6.07, 6.45) is 0. The molecule has 0 unspecified atom stereocenters. The largest absolute Gasteiger partial charge is 0.478 e. The predicted octanol–water partition coefficient (Wildman–Crippen LogP) is 2.82. The van der Waals surface area contributed by atoms with Crippen LogP contribution in [0.15, 0.2) is 24.3 Å². The summed E-state index contributed by atoms with van der Waals surface area (Å²) < 4.78 is 1.71. The first kappa shape index (κ1) is 12.4. The number of carboxylic acids is 1. The Morgan fingerprint density at radius 3 is 2.72 bits per heavy atom. The van der Waals surface area contributed by atoms with Crippen LogP contribution in [0.3, 0.4) is 0 Å². The lowest BCUT2D eigenvalue weighted by molar-refractivity contribution is 0.0698. The second-order valence-electron chi connectivity index (χ2n) is 3.91. The summed E-state index contributed by atoms with van der Waals surface area (Å²) in [5.41, 5.74) is 1.55. The number of halogens is 1. The molecule has 0 atom stereocenters. The van der Waals surface area contributed by atoms with Gasteiger partial charge in [-0.05, 0) is 25.1 Å². The maximum Gasteiger partial charge on any atom is 0.337 e. The van der Waals surface area contributed by atoms with Crippen LogP contribution in [-0.2, 0) is 7.05 Å². The minimum Gasteiger partial charge on any atom is -0.478 e. The maximum atomic E-state index is 11.1. The molecule has 0 amide bonds. The minimum atomic E-state index is -1.03. The van der Waals surface area contributed by atoms with Crippen LogP contribution in [0.5, 0.6) is 0 Å². The second kappa shape index (κ2) is 4.70. The number of benzene rings is 1. The van der Waals surface area contributed by atoms with Crippen molar-refractivity contribution in [3.05, 3.63) is 40.5 Å². The molecule has 0 bridgehead atoms. The number of hydrogen-bond acceptors (Lipinski definition) is 3. The fourth-order valence-electron chi connectivity index (χ4n) is 1.56. The van der Waals surface area contributed by atoms with Gasteiger partial charge in [0.15, 0.2) is 5.82 Å². The molecule has 0 aliphatic carbocycles. The first-order chi connectivity index (χ1) is 8.47. The highest BCUT2D eigenvalue weighted by Crippen LogP contribution is 2.24. The number of aromatic nitrogens is 2. The molecule has 0 saturated carbocycles. The molecule has 0 saturated heterocycles. The fraction of sp³-hybridized carbons (Fsp3) is 0.167. The third-order valence-corrected chi connectivity index (χ3v) is 2.82. The Bertz CT molecular complexity index is 588. The molecular formula is C12H12ClN3O2. The monoisotopic (exact) mass is 265 g/mol. The van der Waals surface area contributed by atoms with Crippen molar-refractivity contribution in [2.45, 2.75) is 6.92 Å². The van der Waals surface area contributed by atoms with Gasteiger partial charge in [0.1, 0.15) is 0 Å². The molecule has 0 spiro atoms. The van der Waals surface area contributed by atoms with Gasteiger partial charge < -0.3 is 10.4 Å². The average molecular weight is 266 g/mol. The summed E-state index contributed by atoms with van der Waals surface area (Å²) in [4.78, 5) is 11.1. The van der Waals surface area contributed by atoms with Crippen molar-refractivity contribution in [3.8, 4) is 0 Å². The molecule has 1 aromatic carbocycles. The Morgan fingerprint density at radius 2 is 2.17 bits per heavy atom. The molecule has 1 heterocycles. The lowest BCUT2D eigenvalue weighted by Gasteiger charge is -2.07. The molecule has 18 heavy (non-hydrogen) atoms. The molecule has 0 fully saturated rings. The number of nitrogens with zero attached hydrogens (tertiary/aromatic N) is 2. The quantitative estimate of drug-likeness (QED) is 0.895. The summed E-state index contributed by atoms with van der Waals surface area (Å²) in [5, 5.41) is 16.7. The van der Waals surface area contributed by atoms with E-state index in [1.165, 1.54) is 6.07 Å². The Labute approximate surface area is 109 Å². The normalized spacial score (nSPS) is 10.4. The van der Waals surface area contributed by atoms with Gasteiger partial charge in [-0.25, -0.2) is 4.79 Å². The van der Waals surface area contributed by atoms with Crippen molar-refractivity contribution in [3.63, 3.8) is 0 Å². The molecule has 6 heteroatoms. The highest BCUT2D eigenvalue weighted by atomic mass is 35.5. The van der Waals surface area contributed by atoms with E-state index in [2.05, 4.69) is 10.4 Å². The lowest BCUT2D eigenvalue weighted by atomic mass is 10.2. The van der Waals surface area contributed by atoms with Crippen molar-refractivity contribution in [1.29, 1.82) is 0 Å². The number of carboxylic acid groups (broad SMARTS) is 1. The van der Waals surface area contributed by atoms with Crippen LogP contribution in [0.4, 0.5) is 11.5 Å². The summed E-state index contributed by atoms with van der Waals surface area (Å²) in [7, 11) is 1.82. The zero-order valence-electron chi connectivity index (χ0n) is 9.94. The van der Waals surface area contributed by atoms with E-state index in [0.29, 0.717) is 16.5 Å². The van der Waals surface area contributed by atoms with Crippen LogP contribution >= 0.6 is 11.6 Å². The van der Waals surface area contributed by atoms with Crippen LogP contribution in [0.1, 0.15) is 16.1 Å². The summed E-state index contributed by atoms with van der Waals surface area (Å²) in [6, 6.07) is 6.49. The number of rotatable bonds is 3. The van der Waals surface area contributed by atoms with Gasteiger partial charge >= 0.3 is 5.97 Å². The third kappa shape index (κ3) is 2.46. The topological polar surface area (TPSA) is 67.2 Å². The van der Waals surface area contributed by atoms with Gasteiger partial charge in [-0.2, -0.15) is 5.10 Å². The highest BCUT2D eigenvalue weighted by Gasteiger charge is 2.12. The second-order valence-corrected chi connectivity index (χ2v) is 4.35. The average Bonchev–Trinajstić information content (AvgIpc) is 2.60. The van der Waals surface area contributed by atoms with Gasteiger partial charge in [-0.15, -0.1) is 0 Å². The molecule has 2 aromatic rings. The van der Waals surface area contributed by atoms with Gasteiger partial charge in [0.05, 0.1) is 11.3 Å². The first-order valence-electron chi connectivity index (χ1n) is 5.28. The van der Waals surface area contributed by atoms with Crippen LogP contribution in [-0.4, -0.2) is 20.9 Å². The van der Waals surface area contributed by atoms with E-state index in [-0.39, 0.29) is 5.56 Å². The van der Waals surface area contributed by atoms with Gasteiger partial charge in [0, 0.05) is 23.8 Å². The number of aromatic carboxylic acids is 1. The maximum absolute atomic E-state index is 11.1. The number of aryl methyl sites for hydroxylation is 2. The van der Waals surface area contributed by atoms with Crippen molar-refractivity contribution in [1.82, 2.24) is 9.78 Å². The SMILES string of the molecule is Cc1cc(Nc2ccc(Cl)cc2C(=O)O)nn1C. The zero-order chi connectivity index (χ0) is 13.3. The highest BCUT2D eigenvalue weighted by molar-refractivity contribution is 6.31. The molecule has 2 N–H and O–H groups in total. The minimum absolute atomic E-state index is 0.116. The van der Waals surface area contributed by atoms with Crippen molar-refractivity contribution in [2.24, 2.45) is 7.05 Å². The molecule has 2 rings (SSSR count). The van der Waals surface area contributed by atoms with Crippen LogP contribution in [0, 0.1) is 6.92 Å². The molecule has 0 aliphatic rings. The van der Waals surface area contributed by atoms with Crippen LogP contribution in [0.25, 0.3) is 0 Å². The van der Waals surface area contributed by atoms with E-state index in [9.17, 15) is 4.79 Å². The summed E-state index contributed by atoms with van der Waals surface area (Å²) >= 11 is 5.78. The number of nitrogens with one attached hydrogen (secondary N) is 1. The first-order valence-corrected chi connectivity index (χ1v) is 5.65. The smallest absolute Gasteiger partial charge is 0.337 e. The number of carbonyl (C=O) groups is 1. The number of anilines is 2. The molecule has 0 aliphatic heterocycles. The van der Waals surface area contributed by atoms with Crippen LogP contribution in [0.2, 0.25) is 5.02 Å². The molecule has 94 valence electrons. The van der Waals surface area contributed by atoms with Crippen LogP contribution < -0.4 is 5.32 Å². The van der Waals surface area contributed by atoms with E-state index >= 15 is 0 Å². The zero-order valence-corrected chi connectivity index (χ0v) is 10.7. The van der Waals surface area contributed by atoms with Crippen molar-refractivity contribution in [2.75, 3.05) is 5.32 Å². The Hall–Kier alpha value is -2.01. The van der Waals surface area contributed by atoms with E-state index in [1.807, 2.05) is 20.0 Å². The third-order valence-electron chi connectivity index (χ3n) is 2.59. The van der Waals surface area contributed by atoms with Gasteiger partial charge in [0.2, 0.25) is 0 Å². The van der Waals surface area contributed by atoms with E-state index in [4.69, 9.17) is 16.7 Å². The van der Waals surface area contributed by atoms with Gasteiger partial charge in [-0.1, -0.05) is 11.6 Å². The number of hydrogen-bond donors (Lipinski definition) is 2. The Balaban J connectivity index is 2.36. The van der Waals surface area contributed by atoms with E-state index in [1.54, 1.807) is 16.8 Å². The molecule has 0 radical (unpaired) electrons. The van der Waals surface area contributed by atoms with Gasteiger partial charge in [0.25, 0.3) is 0 Å². The van der Waals surface area contributed by atoms with Crippen molar-refractivity contribution >= 4 is 29.1 Å². The molecular weight excluding hydrogens is 254 g/mol. The lowest BCUT2D eigenvalue weighted by Crippen LogP contribution is -2.03.